The highest BCUT2D eigenvalue weighted by molar-refractivity contribution is 14.1. The lowest BCUT2D eigenvalue weighted by molar-refractivity contribution is 0.370. The van der Waals surface area contributed by atoms with Gasteiger partial charge < -0.3 is 4.74 Å². The van der Waals surface area contributed by atoms with Gasteiger partial charge in [-0.2, -0.15) is 0 Å². The summed E-state index contributed by atoms with van der Waals surface area (Å²) in [5, 5.41) is 1.10. The summed E-state index contributed by atoms with van der Waals surface area (Å²) in [6, 6.07) is 5.08. The van der Waals surface area contributed by atoms with Crippen LogP contribution in [-0.4, -0.2) is 6.61 Å². The van der Waals surface area contributed by atoms with Gasteiger partial charge in [-0.15, -0.1) is 0 Å². The molecule has 0 heterocycles. The molecule has 0 aliphatic rings. The number of ether oxygens (including phenoxy) is 1. The Balaban J connectivity index is 2.70. The first-order valence-electron chi connectivity index (χ1n) is 3.40. The van der Waals surface area contributed by atoms with E-state index in [9.17, 15) is 0 Å². The van der Waals surface area contributed by atoms with Crippen molar-refractivity contribution in [2.24, 2.45) is 0 Å². The third-order valence-corrected chi connectivity index (χ3v) is 2.17. The van der Waals surface area contributed by atoms with E-state index in [1.54, 1.807) is 18.2 Å². The molecule has 0 aliphatic heterocycles. The molecular formula is C9H5Cl2IO. The molecule has 0 radical (unpaired) electrons. The largest absolute Gasteiger partial charge is 0.479 e. The summed E-state index contributed by atoms with van der Waals surface area (Å²) in [6.07, 6.45) is 0. The quantitative estimate of drug-likeness (QED) is 0.594. The number of hydrogen-bond acceptors (Lipinski definition) is 1. The zero-order valence-corrected chi connectivity index (χ0v) is 10.2. The molecule has 1 aromatic carbocycles. The average molecular weight is 327 g/mol. The van der Waals surface area contributed by atoms with Crippen LogP contribution in [0.2, 0.25) is 10.0 Å². The predicted octanol–water partition coefficient (Wildman–Crippen LogP) is 3.77. The minimum Gasteiger partial charge on any atom is -0.479 e. The van der Waals surface area contributed by atoms with Gasteiger partial charge in [-0.1, -0.05) is 29.1 Å². The molecule has 1 nitrogen and oxygen atoms in total. The van der Waals surface area contributed by atoms with E-state index >= 15 is 0 Å². The van der Waals surface area contributed by atoms with Crippen LogP contribution in [0.5, 0.6) is 5.75 Å². The maximum absolute atomic E-state index is 5.85. The van der Waals surface area contributed by atoms with Gasteiger partial charge in [0.2, 0.25) is 0 Å². The highest BCUT2D eigenvalue weighted by Gasteiger charge is 2.00. The van der Waals surface area contributed by atoms with Crippen LogP contribution in [0.1, 0.15) is 0 Å². The van der Waals surface area contributed by atoms with Crippen LogP contribution in [0.4, 0.5) is 0 Å². The van der Waals surface area contributed by atoms with Gasteiger partial charge in [-0.05, 0) is 22.1 Å². The van der Waals surface area contributed by atoms with E-state index < -0.39 is 0 Å². The summed E-state index contributed by atoms with van der Waals surface area (Å²) in [5.41, 5.74) is 0. The molecule has 0 amide bonds. The Morgan fingerprint density at radius 2 is 2.15 bits per heavy atom. The zero-order chi connectivity index (χ0) is 9.68. The number of halogens is 3. The normalized spacial score (nSPS) is 8.85. The van der Waals surface area contributed by atoms with Crippen molar-refractivity contribution in [1.82, 2.24) is 0 Å². The number of hydrogen-bond donors (Lipinski definition) is 0. The molecule has 0 bridgehead atoms. The Bertz CT molecular complexity index is 354. The number of benzene rings is 1. The second kappa shape index (κ2) is 5.58. The summed E-state index contributed by atoms with van der Waals surface area (Å²) < 4.78 is 7.96. The number of rotatable bonds is 2. The van der Waals surface area contributed by atoms with E-state index in [2.05, 4.69) is 9.85 Å². The fourth-order valence-electron chi connectivity index (χ4n) is 0.733. The fraction of sp³-hybridized carbons (Fsp3) is 0.111. The highest BCUT2D eigenvalue weighted by atomic mass is 127. The SMILES string of the molecule is Clc1ccc(OCC#CI)c(Cl)c1. The third-order valence-electron chi connectivity index (χ3n) is 1.26. The van der Waals surface area contributed by atoms with Crippen molar-refractivity contribution in [2.45, 2.75) is 0 Å². The summed E-state index contributed by atoms with van der Waals surface area (Å²) in [4.78, 5) is 0. The van der Waals surface area contributed by atoms with Gasteiger partial charge in [0.1, 0.15) is 12.4 Å². The molecule has 0 atom stereocenters. The van der Waals surface area contributed by atoms with Crippen molar-refractivity contribution in [3.05, 3.63) is 28.2 Å². The molecule has 0 aromatic heterocycles. The molecule has 0 unspecified atom stereocenters. The lowest BCUT2D eigenvalue weighted by atomic mass is 10.3. The molecule has 0 aliphatic carbocycles. The van der Waals surface area contributed by atoms with Gasteiger partial charge in [0, 0.05) is 27.6 Å². The maximum Gasteiger partial charge on any atom is 0.149 e. The smallest absolute Gasteiger partial charge is 0.149 e. The Hall–Kier alpha value is -0.110. The molecule has 13 heavy (non-hydrogen) atoms. The van der Waals surface area contributed by atoms with Gasteiger partial charge in [0.25, 0.3) is 0 Å². The van der Waals surface area contributed by atoms with Gasteiger partial charge >= 0.3 is 0 Å². The van der Waals surface area contributed by atoms with Crippen molar-refractivity contribution in [3.63, 3.8) is 0 Å². The van der Waals surface area contributed by atoms with Crippen LogP contribution < -0.4 is 4.74 Å². The van der Waals surface area contributed by atoms with E-state index in [0.29, 0.717) is 22.4 Å². The van der Waals surface area contributed by atoms with Crippen LogP contribution in [0.15, 0.2) is 18.2 Å². The summed E-state index contributed by atoms with van der Waals surface area (Å²) in [6.45, 7) is 0.338. The van der Waals surface area contributed by atoms with Crippen LogP contribution in [0.3, 0.4) is 0 Å². The van der Waals surface area contributed by atoms with E-state index in [1.807, 2.05) is 22.6 Å². The Kier molecular flexibility index (Phi) is 4.71. The van der Waals surface area contributed by atoms with Crippen LogP contribution in [0, 0.1) is 9.85 Å². The second-order valence-electron chi connectivity index (χ2n) is 2.13. The van der Waals surface area contributed by atoms with Gasteiger partial charge in [-0.25, -0.2) is 0 Å². The molecule has 0 saturated carbocycles. The van der Waals surface area contributed by atoms with E-state index in [-0.39, 0.29) is 0 Å². The van der Waals surface area contributed by atoms with Crippen molar-refractivity contribution in [2.75, 3.05) is 6.61 Å². The minimum atomic E-state index is 0.338. The van der Waals surface area contributed by atoms with Gasteiger partial charge in [0.05, 0.1) is 5.02 Å². The molecule has 0 N–H and O–H groups in total. The van der Waals surface area contributed by atoms with E-state index in [1.165, 1.54) is 0 Å². The van der Waals surface area contributed by atoms with Crippen LogP contribution >= 0.6 is 45.8 Å². The Morgan fingerprint density at radius 1 is 1.38 bits per heavy atom. The fourth-order valence-corrected chi connectivity index (χ4v) is 1.35. The lowest BCUT2D eigenvalue weighted by Gasteiger charge is -2.03. The first-order valence-corrected chi connectivity index (χ1v) is 5.24. The van der Waals surface area contributed by atoms with Crippen molar-refractivity contribution in [3.8, 4) is 15.6 Å². The van der Waals surface area contributed by atoms with Gasteiger partial charge in [-0.3, -0.25) is 0 Å². The standard InChI is InChI=1S/C9H5Cl2IO/c10-7-2-3-9(8(11)6-7)13-5-1-4-12/h2-3,6H,5H2. The van der Waals surface area contributed by atoms with E-state index in [4.69, 9.17) is 27.9 Å². The first kappa shape index (κ1) is 11.0. The summed E-state index contributed by atoms with van der Waals surface area (Å²) in [7, 11) is 0. The minimum absolute atomic E-state index is 0.338. The molecule has 1 aromatic rings. The average Bonchev–Trinajstić information content (AvgIpc) is 2.09. The maximum atomic E-state index is 5.85. The Morgan fingerprint density at radius 3 is 2.77 bits per heavy atom. The second-order valence-corrected chi connectivity index (χ2v) is 3.52. The van der Waals surface area contributed by atoms with E-state index in [0.717, 1.165) is 0 Å². The molecule has 4 heteroatoms. The predicted molar refractivity (Wildman–Crippen MR) is 63.8 cm³/mol. The van der Waals surface area contributed by atoms with Gasteiger partial charge in [0.15, 0.2) is 0 Å². The third kappa shape index (κ3) is 3.63. The molecule has 0 saturated heterocycles. The van der Waals surface area contributed by atoms with Crippen LogP contribution in [-0.2, 0) is 0 Å². The lowest BCUT2D eigenvalue weighted by Crippen LogP contribution is -1.93. The Labute approximate surface area is 101 Å². The zero-order valence-electron chi connectivity index (χ0n) is 6.48. The monoisotopic (exact) mass is 326 g/mol. The van der Waals surface area contributed by atoms with Crippen molar-refractivity contribution in [1.29, 1.82) is 0 Å². The summed E-state index contributed by atoms with van der Waals surface area (Å²) >= 11 is 13.5. The topological polar surface area (TPSA) is 9.23 Å². The molecule has 0 spiro atoms. The molecule has 68 valence electrons. The highest BCUT2D eigenvalue weighted by Crippen LogP contribution is 2.27. The van der Waals surface area contributed by atoms with Crippen molar-refractivity contribution < 1.29 is 4.74 Å². The van der Waals surface area contributed by atoms with Crippen LogP contribution in [0.25, 0.3) is 0 Å². The van der Waals surface area contributed by atoms with Crippen molar-refractivity contribution >= 4 is 45.8 Å². The molecule has 0 fully saturated rings. The molecular weight excluding hydrogens is 322 g/mol. The molecule has 1 rings (SSSR count). The summed E-state index contributed by atoms with van der Waals surface area (Å²) in [5.74, 6) is 3.36. The first-order chi connectivity index (χ1) is 6.24.